The Labute approximate surface area is 112 Å². The van der Waals surface area contributed by atoms with Crippen LogP contribution < -0.4 is 5.73 Å². The van der Waals surface area contributed by atoms with Crippen molar-refractivity contribution in [2.75, 3.05) is 7.11 Å². The molecule has 1 heterocycles. The highest BCUT2D eigenvalue weighted by Gasteiger charge is 2.24. The second-order valence-electron chi connectivity index (χ2n) is 4.61. The van der Waals surface area contributed by atoms with Crippen LogP contribution >= 0.6 is 11.8 Å². The lowest BCUT2D eigenvalue weighted by atomic mass is 9.97. The lowest BCUT2D eigenvalue weighted by molar-refractivity contribution is 0.0730. The maximum atomic E-state index is 5.66. The van der Waals surface area contributed by atoms with Gasteiger partial charge in [0.2, 0.25) is 0 Å². The second-order valence-corrected chi connectivity index (χ2v) is 5.88. The molecular formula is C12H22N4OS. The molecule has 0 amide bonds. The summed E-state index contributed by atoms with van der Waals surface area (Å²) < 4.78 is 7.58. The van der Waals surface area contributed by atoms with Gasteiger partial charge in [-0.2, -0.15) is 0 Å². The first-order chi connectivity index (χ1) is 8.78. The van der Waals surface area contributed by atoms with Gasteiger partial charge in [-0.1, -0.05) is 11.8 Å². The molecule has 0 saturated heterocycles. The molecule has 18 heavy (non-hydrogen) atoms. The first-order valence-electron chi connectivity index (χ1n) is 6.60. The molecule has 1 aromatic rings. The Morgan fingerprint density at radius 2 is 2.28 bits per heavy atom. The topological polar surface area (TPSA) is 66.0 Å². The van der Waals surface area contributed by atoms with Crippen molar-refractivity contribution in [3.8, 4) is 0 Å². The minimum atomic E-state index is 0.406. The number of nitrogens with two attached hydrogens (primary N) is 1. The average molecular weight is 270 g/mol. The summed E-state index contributed by atoms with van der Waals surface area (Å²) in [5.41, 5.74) is 5.66. The standard InChI is InChI=1S/C12H22N4OS/c1-3-16-11(8-13)14-15-12(16)18-10-6-4-5-9(7-10)17-2/h9-10H,3-8,13H2,1-2H3. The highest BCUT2D eigenvalue weighted by molar-refractivity contribution is 7.99. The summed E-state index contributed by atoms with van der Waals surface area (Å²) in [6.45, 7) is 3.43. The van der Waals surface area contributed by atoms with Crippen molar-refractivity contribution in [2.45, 2.75) is 62.2 Å². The fourth-order valence-electron chi connectivity index (χ4n) is 2.45. The maximum Gasteiger partial charge on any atom is 0.191 e. The number of nitrogens with zero attached hydrogens (tertiary/aromatic N) is 3. The third-order valence-electron chi connectivity index (χ3n) is 3.48. The zero-order chi connectivity index (χ0) is 13.0. The Morgan fingerprint density at radius 3 is 2.94 bits per heavy atom. The second kappa shape index (κ2) is 6.54. The van der Waals surface area contributed by atoms with Crippen LogP contribution in [-0.4, -0.2) is 33.2 Å². The molecule has 1 aromatic heterocycles. The fraction of sp³-hybridized carbons (Fsp3) is 0.833. The molecule has 5 nitrogen and oxygen atoms in total. The first kappa shape index (κ1) is 13.8. The van der Waals surface area contributed by atoms with Gasteiger partial charge in [-0.15, -0.1) is 10.2 Å². The molecule has 1 aliphatic rings. The van der Waals surface area contributed by atoms with Crippen LogP contribution in [0.25, 0.3) is 0 Å². The SMILES string of the molecule is CCn1c(CN)nnc1SC1CCCC(OC)C1. The van der Waals surface area contributed by atoms with Crippen LogP contribution in [0, 0.1) is 0 Å². The molecule has 0 bridgehead atoms. The van der Waals surface area contributed by atoms with E-state index < -0.39 is 0 Å². The molecular weight excluding hydrogens is 248 g/mol. The molecule has 2 unspecified atom stereocenters. The van der Waals surface area contributed by atoms with Gasteiger partial charge < -0.3 is 15.0 Å². The van der Waals surface area contributed by atoms with Crippen molar-refractivity contribution in [3.05, 3.63) is 5.82 Å². The van der Waals surface area contributed by atoms with E-state index in [0.717, 1.165) is 23.9 Å². The summed E-state index contributed by atoms with van der Waals surface area (Å²) in [4.78, 5) is 0. The molecule has 0 aliphatic heterocycles. The fourth-order valence-corrected chi connectivity index (χ4v) is 3.79. The summed E-state index contributed by atoms with van der Waals surface area (Å²) in [6, 6.07) is 0. The molecule has 0 spiro atoms. The molecule has 1 saturated carbocycles. The van der Waals surface area contributed by atoms with E-state index in [1.807, 2.05) is 11.8 Å². The smallest absolute Gasteiger partial charge is 0.191 e. The van der Waals surface area contributed by atoms with Gasteiger partial charge in [0.15, 0.2) is 5.16 Å². The molecule has 2 rings (SSSR count). The van der Waals surface area contributed by atoms with Crippen molar-refractivity contribution in [1.29, 1.82) is 0 Å². The number of thioether (sulfide) groups is 1. The number of ether oxygens (including phenoxy) is 1. The predicted molar refractivity (Wildman–Crippen MR) is 72.5 cm³/mol. The third kappa shape index (κ3) is 3.05. The monoisotopic (exact) mass is 270 g/mol. The zero-order valence-electron chi connectivity index (χ0n) is 11.1. The number of rotatable bonds is 5. The molecule has 1 fully saturated rings. The van der Waals surface area contributed by atoms with E-state index in [9.17, 15) is 0 Å². The Kier molecular flexibility index (Phi) is 5.03. The minimum Gasteiger partial charge on any atom is -0.381 e. The van der Waals surface area contributed by atoms with Crippen LogP contribution in [0.1, 0.15) is 38.4 Å². The van der Waals surface area contributed by atoms with Gasteiger partial charge in [0.05, 0.1) is 12.6 Å². The lowest BCUT2D eigenvalue weighted by Gasteiger charge is -2.27. The van der Waals surface area contributed by atoms with Crippen LogP contribution in [0.15, 0.2) is 5.16 Å². The van der Waals surface area contributed by atoms with Crippen molar-refractivity contribution in [1.82, 2.24) is 14.8 Å². The number of hydrogen-bond acceptors (Lipinski definition) is 5. The van der Waals surface area contributed by atoms with Gasteiger partial charge in [-0.05, 0) is 32.6 Å². The highest BCUT2D eigenvalue weighted by atomic mass is 32.2. The van der Waals surface area contributed by atoms with Gasteiger partial charge in [0.25, 0.3) is 0 Å². The maximum absolute atomic E-state index is 5.66. The average Bonchev–Trinajstić information content (AvgIpc) is 2.80. The number of methoxy groups -OCH3 is 1. The van der Waals surface area contributed by atoms with Crippen LogP contribution in [0.4, 0.5) is 0 Å². The van der Waals surface area contributed by atoms with Gasteiger partial charge in [0.1, 0.15) is 5.82 Å². The predicted octanol–water partition coefficient (Wildman–Crippen LogP) is 1.81. The van der Waals surface area contributed by atoms with Gasteiger partial charge in [-0.25, -0.2) is 0 Å². The van der Waals surface area contributed by atoms with Crippen molar-refractivity contribution in [2.24, 2.45) is 5.73 Å². The minimum absolute atomic E-state index is 0.406. The highest BCUT2D eigenvalue weighted by Crippen LogP contribution is 2.33. The van der Waals surface area contributed by atoms with E-state index in [1.54, 1.807) is 7.11 Å². The Hall–Kier alpha value is -0.590. The van der Waals surface area contributed by atoms with E-state index >= 15 is 0 Å². The van der Waals surface area contributed by atoms with Crippen molar-refractivity contribution >= 4 is 11.8 Å². The van der Waals surface area contributed by atoms with Crippen LogP contribution in [0.5, 0.6) is 0 Å². The van der Waals surface area contributed by atoms with E-state index in [0.29, 0.717) is 17.9 Å². The van der Waals surface area contributed by atoms with E-state index in [4.69, 9.17) is 10.5 Å². The van der Waals surface area contributed by atoms with Crippen LogP contribution in [0.3, 0.4) is 0 Å². The molecule has 6 heteroatoms. The van der Waals surface area contributed by atoms with Gasteiger partial charge >= 0.3 is 0 Å². The molecule has 1 aliphatic carbocycles. The Morgan fingerprint density at radius 1 is 1.44 bits per heavy atom. The number of aromatic nitrogens is 3. The molecule has 2 atom stereocenters. The molecule has 102 valence electrons. The van der Waals surface area contributed by atoms with E-state index in [1.165, 1.54) is 19.3 Å². The molecule has 0 radical (unpaired) electrons. The first-order valence-corrected chi connectivity index (χ1v) is 7.48. The molecule has 2 N–H and O–H groups in total. The summed E-state index contributed by atoms with van der Waals surface area (Å²) in [7, 11) is 1.80. The summed E-state index contributed by atoms with van der Waals surface area (Å²) in [6.07, 6.45) is 5.17. The largest absolute Gasteiger partial charge is 0.381 e. The summed E-state index contributed by atoms with van der Waals surface area (Å²) in [5, 5.41) is 9.99. The van der Waals surface area contributed by atoms with Crippen molar-refractivity contribution < 1.29 is 4.74 Å². The zero-order valence-corrected chi connectivity index (χ0v) is 11.9. The lowest BCUT2D eigenvalue weighted by Crippen LogP contribution is -2.23. The van der Waals surface area contributed by atoms with Gasteiger partial charge in [-0.3, -0.25) is 0 Å². The van der Waals surface area contributed by atoms with E-state index in [-0.39, 0.29) is 0 Å². The summed E-state index contributed by atoms with van der Waals surface area (Å²) >= 11 is 1.82. The Balaban J connectivity index is 2.02. The number of hydrogen-bond donors (Lipinski definition) is 1. The van der Waals surface area contributed by atoms with Gasteiger partial charge in [0, 0.05) is 18.9 Å². The van der Waals surface area contributed by atoms with Crippen LogP contribution in [-0.2, 0) is 17.8 Å². The quantitative estimate of drug-likeness (QED) is 0.884. The summed E-state index contributed by atoms with van der Waals surface area (Å²) in [5.74, 6) is 0.874. The van der Waals surface area contributed by atoms with Crippen molar-refractivity contribution in [3.63, 3.8) is 0 Å². The normalized spacial score (nSPS) is 24.4. The Bertz CT molecular complexity index is 382. The third-order valence-corrected chi connectivity index (χ3v) is 4.75. The molecule has 0 aromatic carbocycles. The van der Waals surface area contributed by atoms with E-state index in [2.05, 4.69) is 21.7 Å². The van der Waals surface area contributed by atoms with Crippen LogP contribution in [0.2, 0.25) is 0 Å².